The highest BCUT2D eigenvalue weighted by Gasteiger charge is 2.23. The van der Waals surface area contributed by atoms with Crippen molar-refractivity contribution < 1.29 is 0 Å². The van der Waals surface area contributed by atoms with Crippen LogP contribution in [0.4, 0.5) is 11.4 Å². The molecule has 104 valence electrons. The second-order valence-electron chi connectivity index (χ2n) is 5.47. The predicted octanol–water partition coefficient (Wildman–Crippen LogP) is 4.73. The number of rotatable bonds is 5. The molecule has 1 fully saturated rings. The average Bonchev–Trinajstić information content (AvgIpc) is 3.08. The van der Waals surface area contributed by atoms with Crippen LogP contribution in [-0.4, -0.2) is 17.9 Å². The summed E-state index contributed by atoms with van der Waals surface area (Å²) in [4.78, 5) is 12.0. The maximum Gasteiger partial charge on any atom is 0.0993 e. The summed E-state index contributed by atoms with van der Waals surface area (Å²) >= 11 is 1.60. The average molecular weight is 285 g/mol. The van der Waals surface area contributed by atoms with Crippen LogP contribution in [0.25, 0.3) is 0 Å². The number of aromatic amines is 1. The Kier molecular flexibility index (Phi) is 3.57. The smallest absolute Gasteiger partial charge is 0.0993 e. The SMILES string of the molecule is C=Nc1cscc1/N=C/c1[nH]c(CC2CC2)c(C)c1C. The van der Waals surface area contributed by atoms with Crippen LogP contribution < -0.4 is 0 Å². The van der Waals surface area contributed by atoms with E-state index in [2.05, 4.69) is 35.5 Å². The molecular formula is C16H19N3S. The van der Waals surface area contributed by atoms with Gasteiger partial charge in [0.25, 0.3) is 0 Å². The number of H-pyrrole nitrogens is 1. The van der Waals surface area contributed by atoms with E-state index in [4.69, 9.17) is 0 Å². The van der Waals surface area contributed by atoms with Crippen molar-refractivity contribution in [1.29, 1.82) is 0 Å². The van der Waals surface area contributed by atoms with E-state index in [0.29, 0.717) is 0 Å². The first-order valence-electron chi connectivity index (χ1n) is 6.94. The number of nitrogens with zero attached hydrogens (tertiary/aromatic N) is 2. The van der Waals surface area contributed by atoms with E-state index in [1.54, 1.807) is 11.3 Å². The second kappa shape index (κ2) is 5.37. The lowest BCUT2D eigenvalue weighted by molar-refractivity contribution is 0.804. The standard InChI is InChI=1S/C16H19N3S/c1-10-11(2)14(19-13(10)6-12-4-5-12)7-18-16-9-20-8-15(16)17-3/h7-9,12,19H,3-6H2,1-2H3/b18-7+. The lowest BCUT2D eigenvalue weighted by Crippen LogP contribution is -1.90. The summed E-state index contributed by atoms with van der Waals surface area (Å²) in [5.41, 5.74) is 6.91. The Labute approximate surface area is 123 Å². The van der Waals surface area contributed by atoms with Crippen LogP contribution in [0.15, 0.2) is 20.7 Å². The fourth-order valence-corrected chi connectivity index (χ4v) is 3.06. The molecule has 2 aromatic rings. The van der Waals surface area contributed by atoms with Crippen LogP contribution in [0, 0.1) is 19.8 Å². The zero-order valence-corrected chi connectivity index (χ0v) is 12.8. The fourth-order valence-electron chi connectivity index (χ4n) is 2.35. The number of aromatic nitrogens is 1. The van der Waals surface area contributed by atoms with Crippen molar-refractivity contribution in [3.63, 3.8) is 0 Å². The molecule has 0 saturated heterocycles. The van der Waals surface area contributed by atoms with E-state index in [0.717, 1.165) is 23.0 Å². The summed E-state index contributed by atoms with van der Waals surface area (Å²) in [5, 5.41) is 3.96. The molecular weight excluding hydrogens is 266 g/mol. The van der Waals surface area contributed by atoms with Gasteiger partial charge in [0, 0.05) is 16.5 Å². The molecule has 0 radical (unpaired) electrons. The first-order chi connectivity index (χ1) is 9.69. The zero-order valence-electron chi connectivity index (χ0n) is 11.9. The molecule has 1 saturated carbocycles. The van der Waals surface area contributed by atoms with E-state index < -0.39 is 0 Å². The minimum absolute atomic E-state index is 0.852. The number of hydrogen-bond donors (Lipinski definition) is 1. The number of hydrogen-bond acceptors (Lipinski definition) is 3. The van der Waals surface area contributed by atoms with Crippen molar-refractivity contribution in [2.45, 2.75) is 33.1 Å². The number of thiophene rings is 1. The molecule has 1 aliphatic carbocycles. The van der Waals surface area contributed by atoms with Crippen molar-refractivity contribution >= 4 is 35.6 Å². The number of aliphatic imine (C=N–C) groups is 2. The predicted molar refractivity (Wildman–Crippen MR) is 87.5 cm³/mol. The molecule has 4 heteroatoms. The summed E-state index contributed by atoms with van der Waals surface area (Å²) in [6, 6.07) is 0. The van der Waals surface area contributed by atoms with Crippen LogP contribution in [0.5, 0.6) is 0 Å². The Morgan fingerprint density at radius 2 is 2.05 bits per heavy atom. The highest BCUT2D eigenvalue weighted by Crippen LogP contribution is 2.34. The zero-order chi connectivity index (χ0) is 14.1. The van der Waals surface area contributed by atoms with Crippen molar-refractivity contribution in [2.75, 3.05) is 0 Å². The molecule has 3 rings (SSSR count). The van der Waals surface area contributed by atoms with Gasteiger partial charge in [-0.25, -0.2) is 0 Å². The van der Waals surface area contributed by atoms with E-state index in [1.165, 1.54) is 36.1 Å². The summed E-state index contributed by atoms with van der Waals surface area (Å²) in [6.45, 7) is 7.92. The van der Waals surface area contributed by atoms with Crippen LogP contribution >= 0.6 is 11.3 Å². The molecule has 0 unspecified atom stereocenters. The summed E-state index contributed by atoms with van der Waals surface area (Å²) < 4.78 is 0. The lowest BCUT2D eigenvalue weighted by atomic mass is 10.1. The quantitative estimate of drug-likeness (QED) is 0.772. The third-order valence-electron chi connectivity index (χ3n) is 4.02. The van der Waals surface area contributed by atoms with Gasteiger partial charge < -0.3 is 4.98 Å². The van der Waals surface area contributed by atoms with Gasteiger partial charge in [0.1, 0.15) is 0 Å². The normalized spacial score (nSPS) is 15.1. The van der Waals surface area contributed by atoms with Gasteiger partial charge in [0.2, 0.25) is 0 Å². The molecule has 1 aliphatic rings. The van der Waals surface area contributed by atoms with Crippen molar-refractivity contribution in [2.24, 2.45) is 15.9 Å². The van der Waals surface area contributed by atoms with Gasteiger partial charge in [-0.05, 0) is 56.9 Å². The van der Waals surface area contributed by atoms with Crippen molar-refractivity contribution in [3.8, 4) is 0 Å². The highest BCUT2D eigenvalue weighted by atomic mass is 32.1. The Balaban J connectivity index is 1.84. The van der Waals surface area contributed by atoms with Crippen LogP contribution in [0.3, 0.4) is 0 Å². The largest absolute Gasteiger partial charge is 0.357 e. The van der Waals surface area contributed by atoms with E-state index in [1.807, 2.05) is 17.0 Å². The summed E-state index contributed by atoms with van der Waals surface area (Å²) in [6.07, 6.45) is 5.85. The van der Waals surface area contributed by atoms with Gasteiger partial charge in [-0.1, -0.05) is 0 Å². The van der Waals surface area contributed by atoms with Gasteiger partial charge in [0.05, 0.1) is 23.3 Å². The van der Waals surface area contributed by atoms with Gasteiger partial charge in [-0.3, -0.25) is 9.98 Å². The van der Waals surface area contributed by atoms with Crippen LogP contribution in [0.2, 0.25) is 0 Å². The topological polar surface area (TPSA) is 40.5 Å². The van der Waals surface area contributed by atoms with Crippen molar-refractivity contribution in [3.05, 3.63) is 33.3 Å². The van der Waals surface area contributed by atoms with Gasteiger partial charge in [0.15, 0.2) is 0 Å². The maximum atomic E-state index is 4.54. The Morgan fingerprint density at radius 3 is 2.75 bits per heavy atom. The molecule has 2 heterocycles. The first-order valence-corrected chi connectivity index (χ1v) is 7.88. The van der Waals surface area contributed by atoms with E-state index in [9.17, 15) is 0 Å². The van der Waals surface area contributed by atoms with Gasteiger partial charge in [-0.15, -0.1) is 11.3 Å². The van der Waals surface area contributed by atoms with E-state index in [-0.39, 0.29) is 0 Å². The van der Waals surface area contributed by atoms with Gasteiger partial charge in [-0.2, -0.15) is 0 Å². The highest BCUT2D eigenvalue weighted by molar-refractivity contribution is 7.08. The Hall–Kier alpha value is -1.68. The molecule has 20 heavy (non-hydrogen) atoms. The third kappa shape index (κ3) is 2.61. The molecule has 0 bridgehead atoms. The Bertz CT molecular complexity index is 659. The monoisotopic (exact) mass is 285 g/mol. The van der Waals surface area contributed by atoms with Gasteiger partial charge >= 0.3 is 0 Å². The van der Waals surface area contributed by atoms with Crippen molar-refractivity contribution in [1.82, 2.24) is 4.98 Å². The minimum atomic E-state index is 0.852. The number of nitrogens with one attached hydrogen (secondary N) is 1. The fraction of sp³-hybridized carbons (Fsp3) is 0.375. The van der Waals surface area contributed by atoms with E-state index >= 15 is 0 Å². The third-order valence-corrected chi connectivity index (χ3v) is 4.74. The van der Waals surface area contributed by atoms with Crippen LogP contribution in [0.1, 0.15) is 35.4 Å². The first kappa shape index (κ1) is 13.3. The molecule has 0 aromatic carbocycles. The summed E-state index contributed by atoms with van der Waals surface area (Å²) in [5.74, 6) is 0.894. The molecule has 3 nitrogen and oxygen atoms in total. The molecule has 1 N–H and O–H groups in total. The molecule has 2 aromatic heterocycles. The second-order valence-corrected chi connectivity index (χ2v) is 6.22. The summed E-state index contributed by atoms with van der Waals surface area (Å²) in [7, 11) is 0. The molecule has 0 amide bonds. The lowest BCUT2D eigenvalue weighted by Gasteiger charge is -1.96. The molecule has 0 atom stereocenters. The minimum Gasteiger partial charge on any atom is -0.357 e. The maximum absolute atomic E-state index is 4.54. The molecule has 0 spiro atoms. The Morgan fingerprint density at radius 1 is 1.30 bits per heavy atom. The molecule has 0 aliphatic heterocycles. The van der Waals surface area contributed by atoms with Crippen LogP contribution in [-0.2, 0) is 6.42 Å².